The molecule has 166 valence electrons. The molecule has 0 radical (unpaired) electrons. The summed E-state index contributed by atoms with van der Waals surface area (Å²) in [5.74, 6) is -0.483. The number of nitrogens with one attached hydrogen (secondary N) is 2. The summed E-state index contributed by atoms with van der Waals surface area (Å²) in [7, 11) is 1.50. The minimum Gasteiger partial charge on any atom is -0.398 e. The zero-order valence-corrected chi connectivity index (χ0v) is 17.2. The van der Waals surface area contributed by atoms with E-state index in [1.165, 1.54) is 55.8 Å². The molecule has 32 heavy (non-hydrogen) atoms. The van der Waals surface area contributed by atoms with E-state index in [9.17, 15) is 13.6 Å². The van der Waals surface area contributed by atoms with Gasteiger partial charge < -0.3 is 21.5 Å². The first kappa shape index (κ1) is 22.6. The molecule has 1 heterocycles. The lowest BCUT2D eigenvalue weighted by Gasteiger charge is -2.19. The Morgan fingerprint density at radius 2 is 1.75 bits per heavy atom. The van der Waals surface area contributed by atoms with Gasteiger partial charge in [-0.15, -0.1) is 0 Å². The second kappa shape index (κ2) is 10.3. The van der Waals surface area contributed by atoms with Gasteiger partial charge in [-0.25, -0.2) is 23.6 Å². The number of amidine groups is 1. The summed E-state index contributed by atoms with van der Waals surface area (Å²) in [6.45, 7) is 0.184. The molecule has 2 amide bonds. The minimum absolute atomic E-state index is 0.0917. The van der Waals surface area contributed by atoms with Crippen LogP contribution in [0, 0.1) is 11.6 Å². The van der Waals surface area contributed by atoms with Gasteiger partial charge in [0, 0.05) is 25.1 Å². The van der Waals surface area contributed by atoms with Gasteiger partial charge in [-0.2, -0.15) is 0 Å². The number of hydrogen-bond donors (Lipinski definition) is 4. The predicted octanol–water partition coefficient (Wildman–Crippen LogP) is 3.49. The third-order valence-corrected chi connectivity index (χ3v) is 4.44. The average molecular weight is 440 g/mol. The first-order valence-corrected chi connectivity index (χ1v) is 9.53. The molecule has 0 aliphatic rings. The molecule has 0 spiro atoms. The number of nitrogen functional groups attached to an aromatic ring is 1. The lowest BCUT2D eigenvalue weighted by Crippen LogP contribution is -2.35. The molecule has 3 rings (SSSR count). The Balaban J connectivity index is 1.69. The number of amides is 2. The van der Waals surface area contributed by atoms with Gasteiger partial charge in [0.05, 0.1) is 23.9 Å². The number of urea groups is 1. The second-order valence-corrected chi connectivity index (χ2v) is 6.79. The maximum atomic E-state index is 13.2. The van der Waals surface area contributed by atoms with E-state index in [1.807, 2.05) is 0 Å². The number of nitrogens with two attached hydrogens (primary N) is 2. The van der Waals surface area contributed by atoms with Crippen LogP contribution in [0.2, 0.25) is 0 Å². The number of carbonyl (C=O) groups is 1. The molecule has 0 saturated heterocycles. The van der Waals surface area contributed by atoms with Crippen molar-refractivity contribution in [3.8, 4) is 0 Å². The molecule has 3 aromatic rings. The summed E-state index contributed by atoms with van der Waals surface area (Å²) in [5.41, 5.74) is 13.8. The predicted molar refractivity (Wildman–Crippen MR) is 119 cm³/mol. The average Bonchev–Trinajstić information content (AvgIpc) is 2.75. The first-order chi connectivity index (χ1) is 15.4. The lowest BCUT2D eigenvalue weighted by atomic mass is 10.1. The highest BCUT2D eigenvalue weighted by Gasteiger charge is 2.16. The summed E-state index contributed by atoms with van der Waals surface area (Å²) in [4.78, 5) is 20.8. The number of ether oxygens (including phenoxy) is 1. The van der Waals surface area contributed by atoms with Crippen molar-refractivity contribution in [2.24, 2.45) is 10.7 Å². The van der Waals surface area contributed by atoms with Crippen molar-refractivity contribution in [1.29, 1.82) is 0 Å². The van der Waals surface area contributed by atoms with Crippen LogP contribution in [-0.4, -0.2) is 30.6 Å². The molecule has 0 fully saturated rings. The number of halogens is 2. The van der Waals surface area contributed by atoms with Crippen molar-refractivity contribution >= 4 is 29.1 Å². The molecule has 6 N–H and O–H groups in total. The molecular weight excluding hydrogens is 418 g/mol. The number of aliphatic imine (C=N–C) groups is 1. The van der Waals surface area contributed by atoms with Crippen molar-refractivity contribution in [1.82, 2.24) is 10.3 Å². The van der Waals surface area contributed by atoms with E-state index in [1.54, 1.807) is 12.1 Å². The Morgan fingerprint density at radius 1 is 1.12 bits per heavy atom. The largest absolute Gasteiger partial charge is 0.398 e. The number of hydrogen-bond acceptors (Lipinski definition) is 5. The van der Waals surface area contributed by atoms with Crippen LogP contribution < -0.4 is 22.1 Å². The third-order valence-electron chi connectivity index (χ3n) is 4.44. The van der Waals surface area contributed by atoms with Crippen LogP contribution in [0.5, 0.6) is 0 Å². The van der Waals surface area contributed by atoms with Gasteiger partial charge in [-0.1, -0.05) is 12.1 Å². The fraction of sp³-hybridized carbons (Fsp3) is 0.136. The monoisotopic (exact) mass is 440 g/mol. The van der Waals surface area contributed by atoms with Crippen molar-refractivity contribution in [2.45, 2.75) is 6.04 Å². The van der Waals surface area contributed by atoms with E-state index < -0.39 is 12.1 Å². The van der Waals surface area contributed by atoms with Crippen LogP contribution in [0.15, 0.2) is 65.8 Å². The molecule has 10 heteroatoms. The van der Waals surface area contributed by atoms with Crippen LogP contribution in [0.3, 0.4) is 0 Å². The van der Waals surface area contributed by atoms with E-state index in [2.05, 4.69) is 20.6 Å². The Labute approximate surface area is 183 Å². The van der Waals surface area contributed by atoms with Crippen molar-refractivity contribution in [3.05, 3.63) is 83.6 Å². The van der Waals surface area contributed by atoms with Crippen LogP contribution in [0.4, 0.5) is 30.8 Å². The standard InChI is InChI=1S/C22H22F2N6O2/c1-32-12-19(13-2-4-14(23)5-3-13)29-22(31)30-20-10-18(25)17(11-27-20)21(26)28-16-8-6-15(24)7-9-16/h2-11,19H,12H2,1H3,(H2,26,28)(H4,25,27,29,30,31)/t19-/m1/s1. The molecule has 0 aliphatic heterocycles. The van der Waals surface area contributed by atoms with Gasteiger partial charge >= 0.3 is 6.03 Å². The Hall–Kier alpha value is -4.05. The van der Waals surface area contributed by atoms with Crippen LogP contribution >= 0.6 is 0 Å². The highest BCUT2D eigenvalue weighted by molar-refractivity contribution is 6.03. The number of rotatable bonds is 7. The topological polar surface area (TPSA) is 128 Å². The molecule has 0 aliphatic carbocycles. The lowest BCUT2D eigenvalue weighted by molar-refractivity contribution is 0.168. The summed E-state index contributed by atoms with van der Waals surface area (Å²) in [6.07, 6.45) is 1.37. The van der Waals surface area contributed by atoms with Crippen molar-refractivity contribution in [3.63, 3.8) is 0 Å². The number of aromatic nitrogens is 1. The fourth-order valence-corrected chi connectivity index (χ4v) is 2.86. The van der Waals surface area contributed by atoms with Crippen molar-refractivity contribution in [2.75, 3.05) is 24.8 Å². The van der Waals surface area contributed by atoms with E-state index in [0.29, 0.717) is 16.8 Å². The molecule has 0 saturated carbocycles. The van der Waals surface area contributed by atoms with Gasteiger partial charge in [0.1, 0.15) is 23.3 Å². The quantitative estimate of drug-likeness (QED) is 0.330. The Kier molecular flexibility index (Phi) is 7.29. The summed E-state index contributed by atoms with van der Waals surface area (Å²) in [6, 6.07) is 11.6. The number of methoxy groups -OCH3 is 1. The number of pyridine rings is 1. The number of anilines is 2. The number of carbonyl (C=O) groups excluding carboxylic acids is 1. The van der Waals surface area contributed by atoms with Crippen LogP contribution in [0.25, 0.3) is 0 Å². The summed E-state index contributed by atoms with van der Waals surface area (Å²) in [5, 5.41) is 5.32. The van der Waals surface area contributed by atoms with Crippen molar-refractivity contribution < 1.29 is 18.3 Å². The number of nitrogens with zero attached hydrogens (tertiary/aromatic N) is 2. The SMILES string of the molecule is COC[C@@H](NC(=O)Nc1cc(N)c(C(N)=Nc2ccc(F)cc2)cn1)c1ccc(F)cc1. The van der Waals surface area contributed by atoms with Crippen LogP contribution in [-0.2, 0) is 4.74 Å². The minimum atomic E-state index is -0.552. The van der Waals surface area contributed by atoms with Gasteiger partial charge in [0.25, 0.3) is 0 Å². The molecular formula is C22H22F2N6O2. The van der Waals surface area contributed by atoms with E-state index in [4.69, 9.17) is 16.2 Å². The molecule has 1 atom stereocenters. The summed E-state index contributed by atoms with van der Waals surface area (Å²) < 4.78 is 31.3. The number of benzene rings is 2. The van der Waals surface area contributed by atoms with Gasteiger partial charge in [-0.05, 0) is 42.0 Å². The highest BCUT2D eigenvalue weighted by Crippen LogP contribution is 2.19. The summed E-state index contributed by atoms with van der Waals surface area (Å²) >= 11 is 0. The Morgan fingerprint density at radius 3 is 2.34 bits per heavy atom. The molecule has 1 aromatic heterocycles. The van der Waals surface area contributed by atoms with E-state index >= 15 is 0 Å². The van der Waals surface area contributed by atoms with E-state index in [0.717, 1.165) is 0 Å². The van der Waals surface area contributed by atoms with Gasteiger partial charge in [-0.3, -0.25) is 5.32 Å². The zero-order chi connectivity index (χ0) is 23.1. The van der Waals surface area contributed by atoms with Gasteiger partial charge in [0.15, 0.2) is 0 Å². The van der Waals surface area contributed by atoms with E-state index in [-0.39, 0.29) is 35.6 Å². The van der Waals surface area contributed by atoms with Gasteiger partial charge in [0.2, 0.25) is 0 Å². The highest BCUT2D eigenvalue weighted by atomic mass is 19.1. The smallest absolute Gasteiger partial charge is 0.320 e. The maximum Gasteiger partial charge on any atom is 0.320 e. The molecule has 0 bridgehead atoms. The first-order valence-electron chi connectivity index (χ1n) is 9.53. The molecule has 2 aromatic carbocycles. The third kappa shape index (κ3) is 5.99. The molecule has 0 unspecified atom stereocenters. The van der Waals surface area contributed by atoms with Crippen LogP contribution in [0.1, 0.15) is 17.2 Å². The Bertz CT molecular complexity index is 1100. The normalized spacial score (nSPS) is 12.3. The molecule has 8 nitrogen and oxygen atoms in total. The second-order valence-electron chi connectivity index (χ2n) is 6.79. The fourth-order valence-electron chi connectivity index (χ4n) is 2.86. The zero-order valence-electron chi connectivity index (χ0n) is 17.2. The maximum absolute atomic E-state index is 13.2.